The smallest absolute Gasteiger partial charge is 0.240 e. The summed E-state index contributed by atoms with van der Waals surface area (Å²) in [5.41, 5.74) is 0.421. The third kappa shape index (κ3) is 3.74. The van der Waals surface area contributed by atoms with Crippen LogP contribution < -0.4 is 4.72 Å². The molecule has 0 radical (unpaired) electrons. The Bertz CT molecular complexity index is 668. The van der Waals surface area contributed by atoms with Gasteiger partial charge in [0.25, 0.3) is 0 Å². The maximum atomic E-state index is 12.5. The Morgan fingerprint density at radius 3 is 2.77 bits per heavy atom. The number of benzene rings is 1. The van der Waals surface area contributed by atoms with Crippen LogP contribution in [0.5, 0.6) is 0 Å². The van der Waals surface area contributed by atoms with Crippen molar-refractivity contribution in [2.24, 2.45) is 5.92 Å². The highest BCUT2D eigenvalue weighted by molar-refractivity contribution is 7.89. The predicted octanol–water partition coefficient (Wildman–Crippen LogP) is 1.65. The van der Waals surface area contributed by atoms with E-state index in [2.05, 4.69) is 9.62 Å². The summed E-state index contributed by atoms with van der Waals surface area (Å²) >= 11 is 0. The normalized spacial score (nSPS) is 22.9. The van der Waals surface area contributed by atoms with Gasteiger partial charge < -0.3 is 4.90 Å². The third-order valence-electron chi connectivity index (χ3n) is 4.36. The SMILES string of the molecule is CC(=O)c1cccc(S(=O)(=O)NC2CCN(CC3CC3)C2)c1. The van der Waals surface area contributed by atoms with Gasteiger partial charge in [-0.2, -0.15) is 0 Å². The minimum atomic E-state index is -3.56. The van der Waals surface area contributed by atoms with Crippen LogP contribution in [-0.4, -0.2) is 44.8 Å². The summed E-state index contributed by atoms with van der Waals surface area (Å²) < 4.78 is 27.7. The maximum absolute atomic E-state index is 12.5. The molecule has 1 heterocycles. The average molecular weight is 322 g/mol. The van der Waals surface area contributed by atoms with Gasteiger partial charge in [-0.25, -0.2) is 13.1 Å². The molecule has 1 aliphatic heterocycles. The molecule has 1 N–H and O–H groups in total. The first-order chi connectivity index (χ1) is 10.4. The molecule has 0 bridgehead atoms. The van der Waals surface area contributed by atoms with Crippen LogP contribution in [0.25, 0.3) is 0 Å². The van der Waals surface area contributed by atoms with E-state index in [4.69, 9.17) is 0 Å². The van der Waals surface area contributed by atoms with Crippen molar-refractivity contribution in [1.82, 2.24) is 9.62 Å². The van der Waals surface area contributed by atoms with E-state index in [9.17, 15) is 13.2 Å². The molecular weight excluding hydrogens is 300 g/mol. The van der Waals surface area contributed by atoms with Crippen LogP contribution in [0.1, 0.15) is 36.5 Å². The summed E-state index contributed by atoms with van der Waals surface area (Å²) in [5.74, 6) is 0.691. The van der Waals surface area contributed by atoms with Crippen molar-refractivity contribution in [2.45, 2.75) is 37.1 Å². The summed E-state index contributed by atoms with van der Waals surface area (Å²) in [5, 5.41) is 0. The Morgan fingerprint density at radius 2 is 2.09 bits per heavy atom. The fraction of sp³-hybridized carbons (Fsp3) is 0.562. The highest BCUT2D eigenvalue weighted by Crippen LogP contribution is 2.30. The van der Waals surface area contributed by atoms with Crippen molar-refractivity contribution in [3.8, 4) is 0 Å². The lowest BCUT2D eigenvalue weighted by molar-refractivity contribution is 0.101. The highest BCUT2D eigenvalue weighted by Gasteiger charge is 2.31. The molecule has 3 rings (SSSR count). The Kier molecular flexibility index (Phi) is 4.34. The van der Waals surface area contributed by atoms with E-state index in [-0.39, 0.29) is 16.7 Å². The second-order valence-electron chi connectivity index (χ2n) is 6.39. The molecule has 1 aromatic carbocycles. The Morgan fingerprint density at radius 1 is 1.32 bits per heavy atom. The number of nitrogens with one attached hydrogen (secondary N) is 1. The first-order valence-corrected chi connectivity index (χ1v) is 9.28. The van der Waals surface area contributed by atoms with Gasteiger partial charge in [-0.3, -0.25) is 4.79 Å². The summed E-state index contributed by atoms with van der Waals surface area (Å²) in [6, 6.07) is 6.19. The number of hydrogen-bond acceptors (Lipinski definition) is 4. The van der Waals surface area contributed by atoms with Gasteiger partial charge in [0.15, 0.2) is 5.78 Å². The molecule has 1 saturated heterocycles. The monoisotopic (exact) mass is 322 g/mol. The van der Waals surface area contributed by atoms with Crippen molar-refractivity contribution in [3.05, 3.63) is 29.8 Å². The fourth-order valence-corrected chi connectivity index (χ4v) is 4.24. The first-order valence-electron chi connectivity index (χ1n) is 7.80. The van der Waals surface area contributed by atoms with E-state index >= 15 is 0 Å². The van der Waals surface area contributed by atoms with Gasteiger partial charge in [-0.1, -0.05) is 12.1 Å². The molecule has 0 aromatic heterocycles. The van der Waals surface area contributed by atoms with Crippen LogP contribution in [0.3, 0.4) is 0 Å². The number of likely N-dealkylation sites (tertiary alicyclic amines) is 1. The molecule has 5 nitrogen and oxygen atoms in total. The molecule has 22 heavy (non-hydrogen) atoms. The molecule has 120 valence electrons. The van der Waals surface area contributed by atoms with E-state index in [1.54, 1.807) is 12.1 Å². The molecule has 1 aromatic rings. The topological polar surface area (TPSA) is 66.5 Å². The van der Waals surface area contributed by atoms with Crippen molar-refractivity contribution < 1.29 is 13.2 Å². The minimum Gasteiger partial charge on any atom is -0.301 e. The van der Waals surface area contributed by atoms with Crippen LogP contribution in [0, 0.1) is 5.92 Å². The number of rotatable bonds is 6. The van der Waals surface area contributed by atoms with Crippen molar-refractivity contribution in [2.75, 3.05) is 19.6 Å². The molecule has 1 unspecified atom stereocenters. The molecule has 6 heteroatoms. The number of Topliss-reactive ketones (excluding diaryl/α,β-unsaturated/α-hetero) is 1. The Labute approximate surface area is 131 Å². The van der Waals surface area contributed by atoms with Gasteiger partial charge in [-0.05, 0) is 50.8 Å². The van der Waals surface area contributed by atoms with Crippen LogP contribution in [0.2, 0.25) is 0 Å². The van der Waals surface area contributed by atoms with Crippen LogP contribution in [-0.2, 0) is 10.0 Å². The summed E-state index contributed by atoms with van der Waals surface area (Å²) in [7, 11) is -3.56. The average Bonchev–Trinajstić information content (AvgIpc) is 3.18. The zero-order valence-corrected chi connectivity index (χ0v) is 13.6. The number of nitrogens with zero attached hydrogens (tertiary/aromatic N) is 1. The number of carbonyl (C=O) groups excluding carboxylic acids is 1. The van der Waals surface area contributed by atoms with E-state index in [0.29, 0.717) is 5.56 Å². The molecule has 1 atom stereocenters. The predicted molar refractivity (Wildman–Crippen MR) is 84.3 cm³/mol. The van der Waals surface area contributed by atoms with E-state index in [1.165, 1.54) is 31.9 Å². The quantitative estimate of drug-likeness (QED) is 0.809. The number of hydrogen-bond donors (Lipinski definition) is 1. The van der Waals surface area contributed by atoms with Crippen LogP contribution in [0.15, 0.2) is 29.2 Å². The van der Waals surface area contributed by atoms with Gasteiger partial charge in [0.1, 0.15) is 0 Å². The minimum absolute atomic E-state index is 0.0373. The standard InChI is InChI=1S/C16H22N2O3S/c1-12(19)14-3-2-4-16(9-14)22(20,21)17-15-7-8-18(11-15)10-13-5-6-13/h2-4,9,13,15,17H,5-8,10-11H2,1H3. The maximum Gasteiger partial charge on any atom is 0.240 e. The molecule has 0 amide bonds. The fourth-order valence-electron chi connectivity index (χ4n) is 2.93. The van der Waals surface area contributed by atoms with Gasteiger partial charge in [0, 0.05) is 24.7 Å². The van der Waals surface area contributed by atoms with Crippen LogP contribution >= 0.6 is 0 Å². The summed E-state index contributed by atoms with van der Waals surface area (Å²) in [6.07, 6.45) is 3.47. The molecule has 2 aliphatic rings. The molecule has 1 saturated carbocycles. The molecule has 2 fully saturated rings. The summed E-state index contributed by atoms with van der Waals surface area (Å²) in [6.45, 7) is 4.27. The van der Waals surface area contributed by atoms with Gasteiger partial charge >= 0.3 is 0 Å². The van der Waals surface area contributed by atoms with Gasteiger partial charge in [0.2, 0.25) is 10.0 Å². The molecule has 0 spiro atoms. The van der Waals surface area contributed by atoms with Gasteiger partial charge in [0.05, 0.1) is 4.90 Å². The number of ketones is 1. The Balaban J connectivity index is 1.65. The second-order valence-corrected chi connectivity index (χ2v) is 8.11. The van der Waals surface area contributed by atoms with E-state index in [0.717, 1.165) is 32.0 Å². The molecular formula is C16H22N2O3S. The van der Waals surface area contributed by atoms with Crippen LogP contribution in [0.4, 0.5) is 0 Å². The van der Waals surface area contributed by atoms with Crippen molar-refractivity contribution in [1.29, 1.82) is 0 Å². The lowest BCUT2D eigenvalue weighted by Gasteiger charge is -2.16. The lowest BCUT2D eigenvalue weighted by atomic mass is 10.2. The van der Waals surface area contributed by atoms with E-state index < -0.39 is 10.0 Å². The lowest BCUT2D eigenvalue weighted by Crippen LogP contribution is -2.37. The zero-order chi connectivity index (χ0) is 15.7. The van der Waals surface area contributed by atoms with Crippen molar-refractivity contribution in [3.63, 3.8) is 0 Å². The van der Waals surface area contributed by atoms with Gasteiger partial charge in [-0.15, -0.1) is 0 Å². The number of carbonyl (C=O) groups is 1. The number of sulfonamides is 1. The summed E-state index contributed by atoms with van der Waals surface area (Å²) in [4.78, 5) is 13.9. The highest BCUT2D eigenvalue weighted by atomic mass is 32.2. The largest absolute Gasteiger partial charge is 0.301 e. The van der Waals surface area contributed by atoms with Crippen molar-refractivity contribution >= 4 is 15.8 Å². The first kappa shape index (κ1) is 15.6. The Hall–Kier alpha value is -1.24. The van der Waals surface area contributed by atoms with E-state index in [1.807, 2.05) is 0 Å². The second kappa shape index (κ2) is 6.10. The third-order valence-corrected chi connectivity index (χ3v) is 5.88. The molecule has 1 aliphatic carbocycles. The zero-order valence-electron chi connectivity index (χ0n) is 12.8.